The molecule has 2 heterocycles. The molecule has 1 saturated heterocycles. The van der Waals surface area contributed by atoms with Crippen LogP contribution in [-0.4, -0.2) is 58.5 Å². The number of carbonyl (C=O) groups excluding carboxylic acids is 2. The molecule has 3 aromatic rings. The molecule has 5 rings (SSSR count). The molecule has 0 unspecified atom stereocenters. The molecule has 37 heavy (non-hydrogen) atoms. The number of hydrogen-bond donors (Lipinski definition) is 1. The van der Waals surface area contributed by atoms with Crippen LogP contribution in [0, 0.1) is 19.7 Å². The number of aryl methyl sites for hydroxylation is 1. The maximum atomic E-state index is 13.7. The van der Waals surface area contributed by atoms with Crippen LogP contribution in [0.4, 0.5) is 9.18 Å². The van der Waals surface area contributed by atoms with Crippen LogP contribution >= 0.6 is 0 Å². The van der Waals surface area contributed by atoms with E-state index < -0.39 is 0 Å². The van der Waals surface area contributed by atoms with Crippen LogP contribution in [0.25, 0.3) is 16.9 Å². The van der Waals surface area contributed by atoms with Crippen molar-refractivity contribution in [1.82, 2.24) is 19.7 Å². The molecule has 0 radical (unpaired) electrons. The van der Waals surface area contributed by atoms with Crippen molar-refractivity contribution in [3.05, 3.63) is 77.2 Å². The molecule has 6 nitrogen and oxygen atoms in total. The molecule has 1 saturated carbocycles. The van der Waals surface area contributed by atoms with Gasteiger partial charge in [-0.3, -0.25) is 4.79 Å². The maximum Gasteiger partial charge on any atom is 0.317 e. The Balaban J connectivity index is 1.35. The fourth-order valence-corrected chi connectivity index (χ4v) is 5.48. The van der Waals surface area contributed by atoms with Gasteiger partial charge in [0.15, 0.2) is 0 Å². The lowest BCUT2D eigenvalue weighted by Gasteiger charge is -2.36. The SMILES string of the molecule is Cc1ccc(-n2c(-c3ccc(F)cc3)cc(C(=O)N3CCN(C(=O)NC4CCCCC4)CC3)c2C)cc1. The molecule has 7 heteroatoms. The highest BCUT2D eigenvalue weighted by atomic mass is 19.1. The van der Waals surface area contributed by atoms with Crippen molar-refractivity contribution in [2.24, 2.45) is 0 Å². The van der Waals surface area contributed by atoms with Gasteiger partial charge in [-0.2, -0.15) is 0 Å². The lowest BCUT2D eigenvalue weighted by molar-refractivity contribution is 0.0662. The average Bonchev–Trinajstić information content (AvgIpc) is 3.26. The number of carbonyl (C=O) groups is 2. The van der Waals surface area contributed by atoms with E-state index in [1.54, 1.807) is 12.1 Å². The van der Waals surface area contributed by atoms with E-state index in [4.69, 9.17) is 0 Å². The van der Waals surface area contributed by atoms with Crippen molar-refractivity contribution in [2.45, 2.75) is 52.0 Å². The molecule has 3 amide bonds. The lowest BCUT2D eigenvalue weighted by Crippen LogP contribution is -2.54. The molecule has 1 N–H and O–H groups in total. The average molecular weight is 503 g/mol. The Morgan fingerprint density at radius 1 is 0.838 bits per heavy atom. The van der Waals surface area contributed by atoms with Gasteiger partial charge in [-0.05, 0) is 74.7 Å². The van der Waals surface area contributed by atoms with Gasteiger partial charge in [0.2, 0.25) is 0 Å². The van der Waals surface area contributed by atoms with E-state index in [9.17, 15) is 14.0 Å². The Morgan fingerprint density at radius 2 is 1.46 bits per heavy atom. The van der Waals surface area contributed by atoms with Gasteiger partial charge in [-0.15, -0.1) is 0 Å². The van der Waals surface area contributed by atoms with E-state index in [1.165, 1.54) is 31.4 Å². The van der Waals surface area contributed by atoms with Crippen LogP contribution in [-0.2, 0) is 0 Å². The van der Waals surface area contributed by atoms with Crippen LogP contribution in [0.5, 0.6) is 0 Å². The van der Waals surface area contributed by atoms with Crippen LogP contribution in [0.2, 0.25) is 0 Å². The molecular formula is C30H35FN4O2. The van der Waals surface area contributed by atoms with E-state index in [2.05, 4.69) is 9.88 Å². The van der Waals surface area contributed by atoms with Gasteiger partial charge >= 0.3 is 6.03 Å². The summed E-state index contributed by atoms with van der Waals surface area (Å²) in [7, 11) is 0. The molecule has 0 bridgehead atoms. The zero-order valence-corrected chi connectivity index (χ0v) is 21.7. The topological polar surface area (TPSA) is 57.6 Å². The molecule has 2 fully saturated rings. The number of aromatic nitrogens is 1. The zero-order valence-electron chi connectivity index (χ0n) is 21.7. The third-order valence-electron chi connectivity index (χ3n) is 7.70. The Morgan fingerprint density at radius 3 is 2.11 bits per heavy atom. The number of benzene rings is 2. The molecule has 2 aromatic carbocycles. The summed E-state index contributed by atoms with van der Waals surface area (Å²) >= 11 is 0. The van der Waals surface area contributed by atoms with Gasteiger partial charge < -0.3 is 19.7 Å². The van der Waals surface area contributed by atoms with Crippen LogP contribution in [0.15, 0.2) is 54.6 Å². The molecule has 1 aliphatic heterocycles. The number of piperazine rings is 1. The third kappa shape index (κ3) is 5.41. The minimum absolute atomic E-state index is 0.0145. The molecule has 0 atom stereocenters. The van der Waals surface area contributed by atoms with E-state index >= 15 is 0 Å². The van der Waals surface area contributed by atoms with Gasteiger partial charge in [0.25, 0.3) is 5.91 Å². The summed E-state index contributed by atoms with van der Waals surface area (Å²) in [5.74, 6) is -0.338. The van der Waals surface area contributed by atoms with Crippen molar-refractivity contribution in [3.63, 3.8) is 0 Å². The summed E-state index contributed by atoms with van der Waals surface area (Å²) in [5.41, 5.74) is 5.25. The Labute approximate surface area is 218 Å². The van der Waals surface area contributed by atoms with Crippen molar-refractivity contribution >= 4 is 11.9 Å². The Bertz CT molecular complexity index is 1250. The van der Waals surface area contributed by atoms with Crippen molar-refractivity contribution in [3.8, 4) is 16.9 Å². The second-order valence-electron chi connectivity index (χ2n) is 10.3. The summed E-state index contributed by atoms with van der Waals surface area (Å²) in [6, 6.07) is 16.7. The van der Waals surface area contributed by atoms with Gasteiger partial charge in [-0.25, -0.2) is 9.18 Å². The monoisotopic (exact) mass is 502 g/mol. The first-order chi connectivity index (χ1) is 17.9. The maximum absolute atomic E-state index is 13.7. The normalized spacial score (nSPS) is 16.6. The third-order valence-corrected chi connectivity index (χ3v) is 7.70. The molecule has 2 aliphatic rings. The van der Waals surface area contributed by atoms with Crippen molar-refractivity contribution in [1.29, 1.82) is 0 Å². The predicted octanol–water partition coefficient (Wildman–Crippen LogP) is 5.70. The largest absolute Gasteiger partial charge is 0.335 e. The minimum atomic E-state index is -0.296. The Kier molecular flexibility index (Phi) is 7.31. The second-order valence-corrected chi connectivity index (χ2v) is 10.3. The standard InChI is InChI=1S/C30H35FN4O2/c1-21-8-14-26(15-9-21)35-22(2)27(20-28(35)23-10-12-24(31)13-11-23)29(36)33-16-18-34(19-17-33)30(37)32-25-6-4-3-5-7-25/h8-15,20,25H,3-7,16-19H2,1-2H3,(H,32,37). The van der Waals surface area contributed by atoms with Gasteiger partial charge in [0, 0.05) is 43.6 Å². The van der Waals surface area contributed by atoms with E-state index in [1.807, 2.05) is 54.0 Å². The number of halogens is 1. The molecule has 1 aromatic heterocycles. The number of nitrogens with one attached hydrogen (secondary N) is 1. The molecule has 0 spiro atoms. The number of amides is 3. The summed E-state index contributed by atoms with van der Waals surface area (Å²) in [6.45, 7) is 6.03. The highest BCUT2D eigenvalue weighted by molar-refractivity contribution is 5.97. The molecule has 1 aliphatic carbocycles. The fraction of sp³-hybridized carbons (Fsp3) is 0.400. The van der Waals surface area contributed by atoms with E-state index in [0.717, 1.165) is 41.0 Å². The van der Waals surface area contributed by atoms with Crippen LogP contribution in [0.3, 0.4) is 0 Å². The Hall–Kier alpha value is -3.61. The van der Waals surface area contributed by atoms with Gasteiger partial charge in [-0.1, -0.05) is 37.0 Å². The minimum Gasteiger partial charge on any atom is -0.335 e. The number of rotatable bonds is 4. The van der Waals surface area contributed by atoms with E-state index in [-0.39, 0.29) is 23.8 Å². The molecule has 194 valence electrons. The molecular weight excluding hydrogens is 467 g/mol. The van der Waals surface area contributed by atoms with Crippen LogP contribution < -0.4 is 5.32 Å². The highest BCUT2D eigenvalue weighted by Gasteiger charge is 2.29. The number of urea groups is 1. The highest BCUT2D eigenvalue weighted by Crippen LogP contribution is 2.31. The second kappa shape index (κ2) is 10.8. The first kappa shape index (κ1) is 25.1. The summed E-state index contributed by atoms with van der Waals surface area (Å²) in [4.78, 5) is 30.1. The smallest absolute Gasteiger partial charge is 0.317 e. The fourth-order valence-electron chi connectivity index (χ4n) is 5.48. The van der Waals surface area contributed by atoms with E-state index in [0.29, 0.717) is 31.7 Å². The predicted molar refractivity (Wildman–Crippen MR) is 144 cm³/mol. The summed E-state index contributed by atoms with van der Waals surface area (Å²) in [5, 5.41) is 3.18. The number of nitrogens with zero attached hydrogens (tertiary/aromatic N) is 3. The number of hydrogen-bond acceptors (Lipinski definition) is 2. The zero-order chi connectivity index (χ0) is 25.9. The summed E-state index contributed by atoms with van der Waals surface area (Å²) < 4.78 is 15.7. The van der Waals surface area contributed by atoms with Crippen LogP contribution in [0.1, 0.15) is 53.7 Å². The first-order valence-electron chi connectivity index (χ1n) is 13.3. The van der Waals surface area contributed by atoms with Gasteiger partial charge in [0.1, 0.15) is 5.82 Å². The lowest BCUT2D eigenvalue weighted by atomic mass is 9.96. The van der Waals surface area contributed by atoms with Crippen molar-refractivity contribution in [2.75, 3.05) is 26.2 Å². The summed E-state index contributed by atoms with van der Waals surface area (Å²) in [6.07, 6.45) is 5.71. The first-order valence-corrected chi connectivity index (χ1v) is 13.3. The quantitative estimate of drug-likeness (QED) is 0.498. The van der Waals surface area contributed by atoms with Crippen molar-refractivity contribution < 1.29 is 14.0 Å². The van der Waals surface area contributed by atoms with Gasteiger partial charge in [0.05, 0.1) is 11.3 Å².